The van der Waals surface area contributed by atoms with Crippen LogP contribution >= 0.6 is 11.8 Å². The van der Waals surface area contributed by atoms with E-state index in [9.17, 15) is 9.59 Å². The fourth-order valence-corrected chi connectivity index (χ4v) is 4.00. The van der Waals surface area contributed by atoms with Crippen molar-refractivity contribution < 1.29 is 9.59 Å². The number of nitrogens with zero attached hydrogens (tertiary/aromatic N) is 3. The van der Waals surface area contributed by atoms with Crippen LogP contribution in [0, 0.1) is 19.8 Å². The van der Waals surface area contributed by atoms with Gasteiger partial charge < -0.3 is 4.90 Å². The molecule has 0 N–H and O–H groups in total. The van der Waals surface area contributed by atoms with Gasteiger partial charge in [0.15, 0.2) is 5.78 Å². The molecule has 0 saturated carbocycles. The Morgan fingerprint density at radius 2 is 2.09 bits per heavy atom. The second-order valence-electron chi connectivity index (χ2n) is 6.06. The Labute approximate surface area is 136 Å². The Morgan fingerprint density at radius 1 is 1.36 bits per heavy atom. The molecule has 0 unspecified atom stereocenters. The van der Waals surface area contributed by atoms with Crippen molar-refractivity contribution >= 4 is 23.5 Å². The maximum Gasteiger partial charge on any atom is 0.244 e. The van der Waals surface area contributed by atoms with E-state index >= 15 is 0 Å². The van der Waals surface area contributed by atoms with E-state index in [0.717, 1.165) is 31.0 Å². The molecule has 0 aromatic carbocycles. The lowest BCUT2D eigenvalue weighted by Crippen LogP contribution is -2.42. The van der Waals surface area contributed by atoms with Gasteiger partial charge in [-0.05, 0) is 51.5 Å². The van der Waals surface area contributed by atoms with Crippen LogP contribution in [0.15, 0.2) is 0 Å². The van der Waals surface area contributed by atoms with Crippen LogP contribution in [0.25, 0.3) is 0 Å². The molecule has 122 valence electrons. The molecule has 1 atom stereocenters. The maximum atomic E-state index is 12.5. The van der Waals surface area contributed by atoms with Crippen molar-refractivity contribution in [2.24, 2.45) is 5.92 Å². The van der Waals surface area contributed by atoms with Crippen molar-refractivity contribution in [1.29, 1.82) is 0 Å². The summed E-state index contributed by atoms with van der Waals surface area (Å²) in [5, 5.41) is 4.37. The van der Waals surface area contributed by atoms with Crippen molar-refractivity contribution in [3.63, 3.8) is 0 Å². The Balaban J connectivity index is 2.06. The monoisotopic (exact) mass is 323 g/mol. The van der Waals surface area contributed by atoms with Crippen LogP contribution < -0.4 is 0 Å². The van der Waals surface area contributed by atoms with Crippen molar-refractivity contribution in [1.82, 2.24) is 14.7 Å². The van der Waals surface area contributed by atoms with Gasteiger partial charge in [0.05, 0.1) is 11.3 Å². The number of carbonyl (C=O) groups is 2. The average molecular weight is 323 g/mol. The molecule has 1 aliphatic heterocycles. The number of Topliss-reactive ketones (excluding diaryl/α,β-unsaturated/α-hetero) is 1. The number of hydrogen-bond acceptors (Lipinski definition) is 4. The summed E-state index contributed by atoms with van der Waals surface area (Å²) >= 11 is 1.84. The van der Waals surface area contributed by atoms with Gasteiger partial charge >= 0.3 is 0 Å². The molecule has 6 heteroatoms. The van der Waals surface area contributed by atoms with Gasteiger partial charge in [-0.1, -0.05) is 0 Å². The van der Waals surface area contributed by atoms with Gasteiger partial charge in [0.25, 0.3) is 0 Å². The summed E-state index contributed by atoms with van der Waals surface area (Å²) in [6.07, 6.45) is 4.39. The van der Waals surface area contributed by atoms with Crippen LogP contribution in [0.4, 0.5) is 0 Å². The zero-order valence-electron chi connectivity index (χ0n) is 13.9. The molecule has 0 radical (unpaired) electrons. The van der Waals surface area contributed by atoms with Gasteiger partial charge in [-0.3, -0.25) is 14.3 Å². The molecule has 22 heavy (non-hydrogen) atoms. The number of aryl methyl sites for hydroxylation is 1. The molecule has 0 bridgehead atoms. The lowest BCUT2D eigenvalue weighted by atomic mass is 10.00. The van der Waals surface area contributed by atoms with E-state index in [2.05, 4.69) is 11.4 Å². The first-order valence-electron chi connectivity index (χ1n) is 7.75. The number of piperidine rings is 1. The van der Waals surface area contributed by atoms with E-state index < -0.39 is 0 Å². The van der Waals surface area contributed by atoms with Crippen molar-refractivity contribution in [2.45, 2.75) is 40.2 Å². The van der Waals surface area contributed by atoms with Crippen molar-refractivity contribution in [3.8, 4) is 0 Å². The van der Waals surface area contributed by atoms with Gasteiger partial charge in [0.2, 0.25) is 5.91 Å². The standard InChI is InChI=1S/C16H25N3O2S/c1-11-16(13(3)20)12(2)19(17-11)9-15(21)18-7-5-6-14(8-18)10-22-4/h14H,5-10H2,1-4H3/t14-/m0/s1. The fourth-order valence-electron chi connectivity index (χ4n) is 3.25. The van der Waals surface area contributed by atoms with Crippen molar-refractivity contribution in [2.75, 3.05) is 25.1 Å². The van der Waals surface area contributed by atoms with Gasteiger partial charge in [-0.15, -0.1) is 0 Å². The van der Waals surface area contributed by atoms with E-state index in [-0.39, 0.29) is 18.2 Å². The summed E-state index contributed by atoms with van der Waals surface area (Å²) in [7, 11) is 0. The maximum absolute atomic E-state index is 12.5. The summed E-state index contributed by atoms with van der Waals surface area (Å²) in [5.41, 5.74) is 2.14. The normalized spacial score (nSPS) is 18.5. The summed E-state index contributed by atoms with van der Waals surface area (Å²) in [6, 6.07) is 0. The first-order valence-corrected chi connectivity index (χ1v) is 9.15. The highest BCUT2D eigenvalue weighted by Gasteiger charge is 2.25. The molecule has 5 nitrogen and oxygen atoms in total. The Morgan fingerprint density at radius 3 is 2.68 bits per heavy atom. The van der Waals surface area contributed by atoms with Gasteiger partial charge in [0, 0.05) is 18.8 Å². The lowest BCUT2D eigenvalue weighted by Gasteiger charge is -2.32. The Hall–Kier alpha value is -1.30. The number of aromatic nitrogens is 2. The predicted molar refractivity (Wildman–Crippen MR) is 89.4 cm³/mol. The topological polar surface area (TPSA) is 55.2 Å². The number of amides is 1. The van der Waals surface area contributed by atoms with Gasteiger partial charge in [0.1, 0.15) is 6.54 Å². The second-order valence-corrected chi connectivity index (χ2v) is 6.97. The summed E-state index contributed by atoms with van der Waals surface area (Å²) in [5.74, 6) is 1.82. The van der Waals surface area contributed by atoms with Crippen LogP contribution in [0.5, 0.6) is 0 Å². The average Bonchev–Trinajstić information content (AvgIpc) is 2.74. The van der Waals surface area contributed by atoms with E-state index in [0.29, 0.717) is 17.2 Å². The zero-order chi connectivity index (χ0) is 16.3. The van der Waals surface area contributed by atoms with Gasteiger partial charge in [-0.2, -0.15) is 16.9 Å². The summed E-state index contributed by atoms with van der Waals surface area (Å²) in [6.45, 7) is 7.13. The predicted octanol–water partition coefficient (Wildman–Crippen LogP) is 2.30. The zero-order valence-corrected chi connectivity index (χ0v) is 14.7. The lowest BCUT2D eigenvalue weighted by molar-refractivity contribution is -0.133. The Kier molecular flexibility index (Phi) is 5.67. The molecular formula is C16H25N3O2S. The highest BCUT2D eigenvalue weighted by Crippen LogP contribution is 2.20. The third-order valence-corrected chi connectivity index (χ3v) is 5.10. The molecule has 1 aromatic heterocycles. The molecule has 1 saturated heterocycles. The third-order valence-electron chi connectivity index (χ3n) is 4.29. The molecular weight excluding hydrogens is 298 g/mol. The number of likely N-dealkylation sites (tertiary alicyclic amines) is 1. The highest BCUT2D eigenvalue weighted by atomic mass is 32.2. The number of rotatable bonds is 5. The fraction of sp³-hybridized carbons (Fsp3) is 0.688. The first-order chi connectivity index (χ1) is 10.4. The quantitative estimate of drug-likeness (QED) is 0.780. The van der Waals surface area contributed by atoms with Crippen LogP contribution in [0.2, 0.25) is 0 Å². The minimum atomic E-state index is 0.00621. The molecule has 1 fully saturated rings. The number of carbonyl (C=O) groups excluding carboxylic acids is 2. The molecule has 1 aromatic rings. The van der Waals surface area contributed by atoms with E-state index in [4.69, 9.17) is 0 Å². The van der Waals surface area contributed by atoms with E-state index in [1.165, 1.54) is 6.42 Å². The highest BCUT2D eigenvalue weighted by molar-refractivity contribution is 7.98. The SMILES string of the molecule is CSC[C@H]1CCCN(C(=O)Cn2nc(C)c(C(C)=O)c2C)C1. The first kappa shape index (κ1) is 17.1. The Bertz CT molecular complexity index is 566. The van der Waals surface area contributed by atoms with Gasteiger partial charge in [-0.25, -0.2) is 0 Å². The molecule has 2 rings (SSSR count). The minimum absolute atomic E-state index is 0.00621. The third kappa shape index (κ3) is 3.72. The van der Waals surface area contributed by atoms with E-state index in [1.54, 1.807) is 11.6 Å². The second kappa shape index (κ2) is 7.31. The van der Waals surface area contributed by atoms with Crippen molar-refractivity contribution in [3.05, 3.63) is 17.0 Å². The molecule has 1 amide bonds. The molecule has 0 aliphatic carbocycles. The van der Waals surface area contributed by atoms with Crippen LogP contribution in [-0.2, 0) is 11.3 Å². The largest absolute Gasteiger partial charge is 0.341 e. The summed E-state index contributed by atoms with van der Waals surface area (Å²) < 4.78 is 1.67. The smallest absolute Gasteiger partial charge is 0.244 e. The number of thioether (sulfide) groups is 1. The molecule has 1 aliphatic rings. The summed E-state index contributed by atoms with van der Waals surface area (Å²) in [4.78, 5) is 26.1. The van der Waals surface area contributed by atoms with Crippen LogP contribution in [0.3, 0.4) is 0 Å². The van der Waals surface area contributed by atoms with E-state index in [1.807, 2.05) is 30.5 Å². The number of hydrogen-bond donors (Lipinski definition) is 0. The number of ketones is 1. The molecule has 2 heterocycles. The van der Waals surface area contributed by atoms with Crippen LogP contribution in [0.1, 0.15) is 41.5 Å². The minimum Gasteiger partial charge on any atom is -0.341 e. The van der Waals surface area contributed by atoms with Crippen LogP contribution in [-0.4, -0.2) is 51.5 Å². The molecule has 0 spiro atoms.